The predicted octanol–water partition coefficient (Wildman–Crippen LogP) is 4.07. The summed E-state index contributed by atoms with van der Waals surface area (Å²) in [6.45, 7) is 4.01. The Bertz CT molecular complexity index is 564. The van der Waals surface area contributed by atoms with Gasteiger partial charge in [-0.25, -0.2) is 4.39 Å². The molecule has 0 heterocycles. The Kier molecular flexibility index (Phi) is 4.58. The quantitative estimate of drug-likeness (QED) is 0.894. The largest absolute Gasteiger partial charge is 0.494 e. The Hall–Kier alpha value is -2.07. The fraction of sp³-hybridized carbons (Fsp3) is 0.250. The number of ether oxygens (including phenoxy) is 2. The SMILES string of the molecule is CCOc1ccc(Oc2cccc(F)c2[C@H](C)O)cc1. The molecule has 3 nitrogen and oxygen atoms in total. The summed E-state index contributed by atoms with van der Waals surface area (Å²) in [6, 6.07) is 11.5. The molecule has 2 rings (SSSR count). The highest BCUT2D eigenvalue weighted by atomic mass is 19.1. The lowest BCUT2D eigenvalue weighted by Crippen LogP contribution is -1.99. The predicted molar refractivity (Wildman–Crippen MR) is 74.7 cm³/mol. The molecular formula is C16H17FO3. The van der Waals surface area contributed by atoms with Gasteiger partial charge < -0.3 is 14.6 Å². The topological polar surface area (TPSA) is 38.7 Å². The van der Waals surface area contributed by atoms with Gasteiger partial charge in [-0.3, -0.25) is 0 Å². The van der Waals surface area contributed by atoms with E-state index in [-0.39, 0.29) is 5.56 Å². The average molecular weight is 276 g/mol. The Morgan fingerprint density at radius 2 is 1.75 bits per heavy atom. The summed E-state index contributed by atoms with van der Waals surface area (Å²) in [5.41, 5.74) is 0.154. The van der Waals surface area contributed by atoms with Gasteiger partial charge in [-0.05, 0) is 50.2 Å². The van der Waals surface area contributed by atoms with Gasteiger partial charge in [-0.15, -0.1) is 0 Å². The molecule has 0 aliphatic carbocycles. The molecule has 1 atom stereocenters. The molecule has 106 valence electrons. The highest BCUT2D eigenvalue weighted by Gasteiger charge is 2.15. The second-order valence-corrected chi connectivity index (χ2v) is 4.33. The monoisotopic (exact) mass is 276 g/mol. The lowest BCUT2D eigenvalue weighted by Gasteiger charge is -2.14. The molecule has 2 aromatic rings. The zero-order chi connectivity index (χ0) is 14.5. The van der Waals surface area contributed by atoms with Crippen molar-refractivity contribution in [1.82, 2.24) is 0 Å². The van der Waals surface area contributed by atoms with E-state index >= 15 is 0 Å². The molecule has 0 saturated heterocycles. The lowest BCUT2D eigenvalue weighted by atomic mass is 10.1. The van der Waals surface area contributed by atoms with E-state index in [2.05, 4.69) is 0 Å². The van der Waals surface area contributed by atoms with Crippen LogP contribution < -0.4 is 9.47 Å². The van der Waals surface area contributed by atoms with Crippen LogP contribution in [0.25, 0.3) is 0 Å². The smallest absolute Gasteiger partial charge is 0.136 e. The second-order valence-electron chi connectivity index (χ2n) is 4.33. The van der Waals surface area contributed by atoms with E-state index in [1.54, 1.807) is 36.4 Å². The summed E-state index contributed by atoms with van der Waals surface area (Å²) in [5, 5.41) is 9.64. The number of halogens is 1. The number of aliphatic hydroxyl groups is 1. The van der Waals surface area contributed by atoms with Gasteiger partial charge in [0.1, 0.15) is 23.1 Å². The first-order valence-corrected chi connectivity index (χ1v) is 6.49. The van der Waals surface area contributed by atoms with Crippen LogP contribution in [0.5, 0.6) is 17.2 Å². The zero-order valence-electron chi connectivity index (χ0n) is 11.5. The molecule has 20 heavy (non-hydrogen) atoms. The molecule has 0 radical (unpaired) electrons. The lowest BCUT2D eigenvalue weighted by molar-refractivity contribution is 0.190. The van der Waals surface area contributed by atoms with E-state index in [9.17, 15) is 9.50 Å². The molecular weight excluding hydrogens is 259 g/mol. The van der Waals surface area contributed by atoms with Gasteiger partial charge in [-0.1, -0.05) is 6.07 Å². The van der Waals surface area contributed by atoms with Gasteiger partial charge in [-0.2, -0.15) is 0 Å². The van der Waals surface area contributed by atoms with Gasteiger partial charge in [0.25, 0.3) is 0 Å². The molecule has 0 fully saturated rings. The van der Waals surface area contributed by atoms with Crippen molar-refractivity contribution in [1.29, 1.82) is 0 Å². The number of benzene rings is 2. The van der Waals surface area contributed by atoms with E-state index in [0.717, 1.165) is 5.75 Å². The van der Waals surface area contributed by atoms with Crippen LogP contribution in [0.4, 0.5) is 4.39 Å². The van der Waals surface area contributed by atoms with E-state index in [1.165, 1.54) is 13.0 Å². The van der Waals surface area contributed by atoms with Crippen molar-refractivity contribution in [2.75, 3.05) is 6.61 Å². The minimum Gasteiger partial charge on any atom is -0.494 e. The highest BCUT2D eigenvalue weighted by Crippen LogP contribution is 2.32. The number of hydrogen-bond acceptors (Lipinski definition) is 3. The first kappa shape index (κ1) is 14.3. The Morgan fingerprint density at radius 1 is 1.10 bits per heavy atom. The van der Waals surface area contributed by atoms with Crippen LogP contribution in [0.2, 0.25) is 0 Å². The highest BCUT2D eigenvalue weighted by molar-refractivity contribution is 5.41. The van der Waals surface area contributed by atoms with Gasteiger partial charge in [0, 0.05) is 0 Å². The number of hydrogen-bond donors (Lipinski definition) is 1. The number of rotatable bonds is 5. The summed E-state index contributed by atoms with van der Waals surface area (Å²) in [6.07, 6.45) is -0.936. The van der Waals surface area contributed by atoms with Crippen LogP contribution in [-0.4, -0.2) is 11.7 Å². The summed E-state index contributed by atoms with van der Waals surface area (Å²) in [7, 11) is 0. The van der Waals surface area contributed by atoms with Crippen molar-refractivity contribution in [2.24, 2.45) is 0 Å². The van der Waals surface area contributed by atoms with Crippen molar-refractivity contribution in [3.8, 4) is 17.2 Å². The van der Waals surface area contributed by atoms with E-state index in [1.807, 2.05) is 6.92 Å². The van der Waals surface area contributed by atoms with Gasteiger partial charge >= 0.3 is 0 Å². The summed E-state index contributed by atoms with van der Waals surface area (Å²) < 4.78 is 24.7. The zero-order valence-corrected chi connectivity index (χ0v) is 11.5. The molecule has 2 aromatic carbocycles. The van der Waals surface area contributed by atoms with E-state index < -0.39 is 11.9 Å². The molecule has 0 spiro atoms. The van der Waals surface area contributed by atoms with E-state index in [0.29, 0.717) is 18.1 Å². The Morgan fingerprint density at radius 3 is 2.35 bits per heavy atom. The van der Waals surface area contributed by atoms with Crippen LogP contribution >= 0.6 is 0 Å². The molecule has 0 saturated carbocycles. The molecule has 0 aliphatic heterocycles. The van der Waals surface area contributed by atoms with Crippen molar-refractivity contribution >= 4 is 0 Å². The molecule has 0 aromatic heterocycles. The second kappa shape index (κ2) is 6.39. The first-order valence-electron chi connectivity index (χ1n) is 6.49. The summed E-state index contributed by atoms with van der Waals surface area (Å²) in [5.74, 6) is 1.13. The van der Waals surface area contributed by atoms with Crippen molar-refractivity contribution in [3.05, 3.63) is 53.8 Å². The van der Waals surface area contributed by atoms with Crippen LogP contribution in [-0.2, 0) is 0 Å². The van der Waals surface area contributed by atoms with E-state index in [4.69, 9.17) is 9.47 Å². The third-order valence-electron chi connectivity index (χ3n) is 2.79. The average Bonchev–Trinajstić information content (AvgIpc) is 2.41. The third-order valence-corrected chi connectivity index (χ3v) is 2.79. The molecule has 0 bridgehead atoms. The maximum absolute atomic E-state index is 13.7. The molecule has 0 amide bonds. The van der Waals surface area contributed by atoms with Crippen LogP contribution in [0, 0.1) is 5.82 Å². The third kappa shape index (κ3) is 3.27. The van der Waals surface area contributed by atoms with Crippen molar-refractivity contribution in [3.63, 3.8) is 0 Å². The van der Waals surface area contributed by atoms with Crippen LogP contribution in [0.3, 0.4) is 0 Å². The fourth-order valence-electron chi connectivity index (χ4n) is 1.91. The van der Waals surface area contributed by atoms with Crippen LogP contribution in [0.15, 0.2) is 42.5 Å². The number of aliphatic hydroxyl groups excluding tert-OH is 1. The normalized spacial score (nSPS) is 12.0. The molecule has 0 unspecified atom stereocenters. The maximum atomic E-state index is 13.7. The van der Waals surface area contributed by atoms with Gasteiger partial charge in [0.05, 0.1) is 18.3 Å². The Labute approximate surface area is 117 Å². The van der Waals surface area contributed by atoms with Crippen molar-refractivity contribution in [2.45, 2.75) is 20.0 Å². The Balaban J connectivity index is 2.23. The van der Waals surface area contributed by atoms with Crippen molar-refractivity contribution < 1.29 is 19.0 Å². The fourth-order valence-corrected chi connectivity index (χ4v) is 1.91. The molecule has 4 heteroatoms. The minimum absolute atomic E-state index is 0.154. The first-order chi connectivity index (χ1) is 9.61. The summed E-state index contributed by atoms with van der Waals surface area (Å²) >= 11 is 0. The minimum atomic E-state index is -0.936. The van der Waals surface area contributed by atoms with Crippen LogP contribution in [0.1, 0.15) is 25.5 Å². The van der Waals surface area contributed by atoms with Gasteiger partial charge in [0.15, 0.2) is 0 Å². The van der Waals surface area contributed by atoms with Gasteiger partial charge in [0.2, 0.25) is 0 Å². The summed E-state index contributed by atoms with van der Waals surface area (Å²) in [4.78, 5) is 0. The standard InChI is InChI=1S/C16H17FO3/c1-3-19-12-7-9-13(10-8-12)20-15-6-4-5-14(17)16(15)11(2)18/h4-11,18H,3H2,1-2H3/t11-/m0/s1. The molecule has 1 N–H and O–H groups in total. The molecule has 0 aliphatic rings. The maximum Gasteiger partial charge on any atom is 0.136 e.